The molecule has 1 aliphatic carbocycles. The van der Waals surface area contributed by atoms with Crippen LogP contribution in [0.1, 0.15) is 40.5 Å². The van der Waals surface area contributed by atoms with Crippen molar-refractivity contribution in [3.63, 3.8) is 0 Å². The maximum Gasteiger partial charge on any atom is 0.224 e. The predicted molar refractivity (Wildman–Crippen MR) is 71.3 cm³/mol. The molecule has 3 heteroatoms. The van der Waals surface area contributed by atoms with Crippen LogP contribution in [-0.2, 0) is 9.59 Å². The molecular weight excluding hydrogens is 228 g/mol. The first kappa shape index (κ1) is 14.4. The van der Waals surface area contributed by atoms with Crippen LogP contribution in [0.4, 0.5) is 0 Å². The first-order valence-corrected chi connectivity index (χ1v) is 6.18. The molecular formula is C15H20O3. The Balaban J connectivity index is 2.79. The third kappa shape index (κ3) is 3.19. The van der Waals surface area contributed by atoms with Gasteiger partial charge in [0.25, 0.3) is 0 Å². The summed E-state index contributed by atoms with van der Waals surface area (Å²) in [6.07, 6.45) is 5.13. The van der Waals surface area contributed by atoms with Gasteiger partial charge in [-0.05, 0) is 45.6 Å². The van der Waals surface area contributed by atoms with Gasteiger partial charge in [-0.25, -0.2) is 0 Å². The topological polar surface area (TPSA) is 54.4 Å². The van der Waals surface area contributed by atoms with Gasteiger partial charge < -0.3 is 5.11 Å². The average Bonchev–Trinajstić information content (AvgIpc) is 2.30. The lowest BCUT2D eigenvalue weighted by atomic mass is 9.86. The molecule has 0 aromatic heterocycles. The minimum absolute atomic E-state index is 0.0210. The van der Waals surface area contributed by atoms with E-state index in [1.807, 2.05) is 20.8 Å². The van der Waals surface area contributed by atoms with E-state index in [1.165, 1.54) is 18.6 Å². The number of allylic oxidation sites excluding steroid dienone is 5. The number of aliphatic hydroxyl groups is 1. The summed E-state index contributed by atoms with van der Waals surface area (Å²) >= 11 is 0. The van der Waals surface area contributed by atoms with Crippen molar-refractivity contribution < 1.29 is 14.7 Å². The molecule has 1 atom stereocenters. The van der Waals surface area contributed by atoms with Gasteiger partial charge in [0, 0.05) is 11.1 Å². The highest BCUT2D eigenvalue weighted by Gasteiger charge is 2.28. The summed E-state index contributed by atoms with van der Waals surface area (Å²) in [4.78, 5) is 23.5. The quantitative estimate of drug-likeness (QED) is 0.613. The maximum atomic E-state index is 11.9. The first-order valence-electron chi connectivity index (χ1n) is 6.18. The van der Waals surface area contributed by atoms with Gasteiger partial charge in [-0.2, -0.15) is 0 Å². The lowest BCUT2D eigenvalue weighted by Gasteiger charge is -2.18. The van der Waals surface area contributed by atoms with Gasteiger partial charge in [0.1, 0.15) is 0 Å². The van der Waals surface area contributed by atoms with E-state index in [4.69, 9.17) is 0 Å². The monoisotopic (exact) mass is 248 g/mol. The minimum Gasteiger partial charge on any atom is -0.504 e. The maximum absolute atomic E-state index is 11.9. The van der Waals surface area contributed by atoms with Crippen molar-refractivity contribution >= 4 is 11.6 Å². The van der Waals surface area contributed by atoms with Crippen LogP contribution in [0.2, 0.25) is 0 Å². The Kier molecular flexibility index (Phi) is 4.65. The molecule has 98 valence electrons. The zero-order chi connectivity index (χ0) is 13.9. The Labute approximate surface area is 108 Å². The van der Waals surface area contributed by atoms with Crippen LogP contribution in [0.15, 0.2) is 34.6 Å². The molecule has 0 saturated heterocycles. The van der Waals surface area contributed by atoms with Crippen LogP contribution in [0.25, 0.3) is 0 Å². The molecule has 0 fully saturated rings. The van der Waals surface area contributed by atoms with Gasteiger partial charge in [-0.1, -0.05) is 18.6 Å². The smallest absolute Gasteiger partial charge is 0.224 e. The normalized spacial score (nSPS) is 17.7. The Hall–Kier alpha value is -1.64. The van der Waals surface area contributed by atoms with Gasteiger partial charge in [0.15, 0.2) is 11.5 Å². The second-order valence-corrected chi connectivity index (χ2v) is 5.03. The van der Waals surface area contributed by atoms with E-state index in [2.05, 4.69) is 6.08 Å². The zero-order valence-corrected chi connectivity index (χ0v) is 11.4. The van der Waals surface area contributed by atoms with Crippen molar-refractivity contribution in [1.82, 2.24) is 0 Å². The van der Waals surface area contributed by atoms with Crippen molar-refractivity contribution in [2.75, 3.05) is 0 Å². The second-order valence-electron chi connectivity index (χ2n) is 5.03. The lowest BCUT2D eigenvalue weighted by Crippen LogP contribution is -2.21. The SMILES string of the molecule is CC(C)=CCCC(C)C1=CC(=O)C(C)=C(O)C1=O. The molecule has 0 aromatic rings. The highest BCUT2D eigenvalue weighted by atomic mass is 16.3. The Morgan fingerprint density at radius 3 is 2.56 bits per heavy atom. The zero-order valence-electron chi connectivity index (χ0n) is 11.4. The molecule has 0 aliphatic heterocycles. The van der Waals surface area contributed by atoms with Crippen molar-refractivity contribution in [3.8, 4) is 0 Å². The average molecular weight is 248 g/mol. The molecule has 0 saturated carbocycles. The minimum atomic E-state index is -0.406. The standard InChI is InChI=1S/C15H20O3/c1-9(2)6-5-7-10(3)12-8-13(16)11(4)14(17)15(12)18/h6,8,10,17H,5,7H2,1-4H3. The predicted octanol–water partition coefficient (Wildman–Crippen LogP) is 3.28. The number of hydrogen-bond acceptors (Lipinski definition) is 3. The fraction of sp³-hybridized carbons (Fsp3) is 0.467. The highest BCUT2D eigenvalue weighted by molar-refractivity contribution is 6.21. The van der Waals surface area contributed by atoms with Crippen molar-refractivity contribution in [2.24, 2.45) is 5.92 Å². The fourth-order valence-electron chi connectivity index (χ4n) is 1.88. The third-order valence-electron chi connectivity index (χ3n) is 3.17. The molecule has 18 heavy (non-hydrogen) atoms. The number of ketones is 2. The van der Waals surface area contributed by atoms with Crippen molar-refractivity contribution in [3.05, 3.63) is 34.6 Å². The summed E-state index contributed by atoms with van der Waals surface area (Å²) < 4.78 is 0. The molecule has 0 aromatic carbocycles. The number of carbonyl (C=O) groups excluding carboxylic acids is 2. The summed E-state index contributed by atoms with van der Waals surface area (Å²) in [7, 11) is 0. The van der Waals surface area contributed by atoms with E-state index in [0.717, 1.165) is 12.8 Å². The molecule has 1 N–H and O–H groups in total. The fourth-order valence-corrected chi connectivity index (χ4v) is 1.88. The summed E-state index contributed by atoms with van der Waals surface area (Å²) in [6.45, 7) is 7.43. The van der Waals surface area contributed by atoms with E-state index in [-0.39, 0.29) is 17.3 Å². The highest BCUT2D eigenvalue weighted by Crippen LogP contribution is 2.25. The molecule has 3 nitrogen and oxygen atoms in total. The molecule has 1 unspecified atom stereocenters. The number of aliphatic hydroxyl groups excluding tert-OH is 1. The molecule has 1 rings (SSSR count). The van der Waals surface area contributed by atoms with Crippen LogP contribution in [0, 0.1) is 5.92 Å². The number of rotatable bonds is 4. The summed E-state index contributed by atoms with van der Waals surface area (Å²) in [5.74, 6) is -1.09. The van der Waals surface area contributed by atoms with E-state index >= 15 is 0 Å². The number of carbonyl (C=O) groups is 2. The van der Waals surface area contributed by atoms with Gasteiger partial charge in [-0.15, -0.1) is 0 Å². The van der Waals surface area contributed by atoms with E-state index in [9.17, 15) is 14.7 Å². The van der Waals surface area contributed by atoms with Gasteiger partial charge >= 0.3 is 0 Å². The summed E-state index contributed by atoms with van der Waals surface area (Å²) in [6, 6.07) is 0. The van der Waals surface area contributed by atoms with Crippen LogP contribution >= 0.6 is 0 Å². The Morgan fingerprint density at radius 1 is 1.39 bits per heavy atom. The molecule has 0 spiro atoms. The molecule has 0 amide bonds. The largest absolute Gasteiger partial charge is 0.504 e. The molecule has 0 bridgehead atoms. The van der Waals surface area contributed by atoms with Gasteiger partial charge in [-0.3, -0.25) is 9.59 Å². The van der Waals surface area contributed by atoms with Crippen molar-refractivity contribution in [2.45, 2.75) is 40.5 Å². The van der Waals surface area contributed by atoms with Gasteiger partial charge in [0.05, 0.1) is 0 Å². The van der Waals surface area contributed by atoms with Crippen LogP contribution in [0.5, 0.6) is 0 Å². The summed E-state index contributed by atoms with van der Waals surface area (Å²) in [5, 5.41) is 9.61. The molecule has 0 heterocycles. The number of hydrogen-bond donors (Lipinski definition) is 1. The lowest BCUT2D eigenvalue weighted by molar-refractivity contribution is -0.118. The number of Topliss-reactive ketones (excluding diaryl/α,β-unsaturated/α-hetero) is 1. The molecule has 1 aliphatic rings. The first-order chi connectivity index (χ1) is 8.34. The van der Waals surface area contributed by atoms with E-state index < -0.39 is 11.5 Å². The van der Waals surface area contributed by atoms with Crippen LogP contribution in [-0.4, -0.2) is 16.7 Å². The van der Waals surface area contributed by atoms with E-state index in [0.29, 0.717) is 5.57 Å². The Morgan fingerprint density at radius 2 is 2.00 bits per heavy atom. The third-order valence-corrected chi connectivity index (χ3v) is 3.17. The van der Waals surface area contributed by atoms with Crippen LogP contribution in [0.3, 0.4) is 0 Å². The molecule has 0 radical (unpaired) electrons. The summed E-state index contributed by atoms with van der Waals surface area (Å²) in [5.41, 5.74) is 1.80. The Bertz CT molecular complexity index is 460. The van der Waals surface area contributed by atoms with Gasteiger partial charge in [0.2, 0.25) is 5.78 Å². The van der Waals surface area contributed by atoms with E-state index in [1.54, 1.807) is 0 Å². The van der Waals surface area contributed by atoms with Crippen molar-refractivity contribution in [1.29, 1.82) is 0 Å². The van der Waals surface area contributed by atoms with Crippen LogP contribution < -0.4 is 0 Å². The second kappa shape index (κ2) is 5.80.